The molecule has 0 heterocycles. The van der Waals surface area contributed by atoms with Crippen LogP contribution in [0.5, 0.6) is 0 Å². The van der Waals surface area contributed by atoms with Crippen molar-refractivity contribution >= 4 is 21.8 Å². The molecule has 2 nitrogen and oxygen atoms in total. The van der Waals surface area contributed by atoms with Crippen molar-refractivity contribution < 1.29 is 13.6 Å². The first-order valence-electron chi connectivity index (χ1n) is 6.61. The molecule has 1 aliphatic carbocycles. The fraction of sp³-hybridized carbons (Fsp3) is 0.400. The second-order valence-corrected chi connectivity index (χ2v) is 5.84. The number of carbonyl (C=O) groups excluding carboxylic acids is 1. The van der Waals surface area contributed by atoms with E-state index in [1.165, 1.54) is 4.90 Å². The highest BCUT2D eigenvalue weighted by molar-refractivity contribution is 9.10. The van der Waals surface area contributed by atoms with E-state index in [2.05, 4.69) is 22.5 Å². The molecule has 20 heavy (non-hydrogen) atoms. The van der Waals surface area contributed by atoms with Gasteiger partial charge in [0.15, 0.2) is 0 Å². The summed E-state index contributed by atoms with van der Waals surface area (Å²) in [6.07, 6.45) is 5.41. The highest BCUT2D eigenvalue weighted by atomic mass is 79.9. The molecule has 0 spiro atoms. The number of nitrogens with zero attached hydrogens (tertiary/aromatic N) is 1. The van der Waals surface area contributed by atoms with Gasteiger partial charge in [0.1, 0.15) is 17.2 Å². The quantitative estimate of drug-likeness (QED) is 0.746. The van der Waals surface area contributed by atoms with Gasteiger partial charge in [0.2, 0.25) is 0 Å². The lowest BCUT2D eigenvalue weighted by Gasteiger charge is -2.28. The molecule has 0 unspecified atom stereocenters. The molecule has 0 aliphatic heterocycles. The molecule has 1 saturated carbocycles. The molecule has 1 aromatic rings. The van der Waals surface area contributed by atoms with E-state index < -0.39 is 23.1 Å². The Bertz CT molecular complexity index is 504. The number of hydrogen-bond acceptors (Lipinski definition) is 1. The second kappa shape index (κ2) is 6.48. The molecule has 5 heteroatoms. The van der Waals surface area contributed by atoms with Crippen LogP contribution in [0.2, 0.25) is 0 Å². The summed E-state index contributed by atoms with van der Waals surface area (Å²) in [7, 11) is 0. The van der Waals surface area contributed by atoms with Crippen LogP contribution in [0.15, 0.2) is 29.3 Å². The van der Waals surface area contributed by atoms with E-state index in [0.29, 0.717) is 6.54 Å². The first kappa shape index (κ1) is 15.2. The summed E-state index contributed by atoms with van der Waals surface area (Å²) in [4.78, 5) is 14.0. The first-order valence-corrected chi connectivity index (χ1v) is 7.40. The van der Waals surface area contributed by atoms with Gasteiger partial charge in [-0.2, -0.15) is 0 Å². The molecule has 0 radical (unpaired) electrons. The highest BCUT2D eigenvalue weighted by Crippen LogP contribution is 2.27. The number of rotatable bonds is 4. The van der Waals surface area contributed by atoms with Crippen LogP contribution >= 0.6 is 15.9 Å². The molecule has 0 aromatic heterocycles. The van der Waals surface area contributed by atoms with Gasteiger partial charge < -0.3 is 4.90 Å². The van der Waals surface area contributed by atoms with Crippen LogP contribution in [0.3, 0.4) is 0 Å². The van der Waals surface area contributed by atoms with Crippen molar-refractivity contribution in [3.05, 3.63) is 46.5 Å². The van der Waals surface area contributed by atoms with Crippen LogP contribution in [0.1, 0.15) is 36.0 Å². The summed E-state index contributed by atoms with van der Waals surface area (Å²) in [5.74, 6) is -2.28. The van der Waals surface area contributed by atoms with Crippen LogP contribution < -0.4 is 0 Å². The summed E-state index contributed by atoms with van der Waals surface area (Å²) in [5, 5.41) is 0. The van der Waals surface area contributed by atoms with Gasteiger partial charge in [-0.15, -0.1) is 6.58 Å². The molecule has 1 amide bonds. The Balaban J connectivity index is 2.34. The largest absolute Gasteiger partial charge is 0.332 e. The molecular formula is C15H16BrF2NO. The maximum atomic E-state index is 13.9. The summed E-state index contributed by atoms with van der Waals surface area (Å²) in [6.45, 7) is 3.92. The Morgan fingerprint density at radius 2 is 1.90 bits per heavy atom. The molecule has 0 saturated heterocycles. The van der Waals surface area contributed by atoms with Crippen molar-refractivity contribution in [1.29, 1.82) is 0 Å². The minimum atomic E-state index is -0.839. The summed E-state index contributed by atoms with van der Waals surface area (Å²) in [5.41, 5.74) is -0.484. The van der Waals surface area contributed by atoms with Crippen LogP contribution in [0, 0.1) is 11.6 Å². The Hall–Kier alpha value is -1.23. The normalized spacial score (nSPS) is 15.3. The monoisotopic (exact) mass is 343 g/mol. The van der Waals surface area contributed by atoms with Gasteiger partial charge in [-0.1, -0.05) is 34.8 Å². The van der Waals surface area contributed by atoms with Gasteiger partial charge >= 0.3 is 0 Å². The maximum absolute atomic E-state index is 13.9. The zero-order chi connectivity index (χ0) is 14.7. The van der Waals surface area contributed by atoms with E-state index in [1.807, 2.05) is 0 Å². The van der Waals surface area contributed by atoms with Gasteiger partial charge in [-0.05, 0) is 25.0 Å². The smallest absolute Gasteiger partial charge is 0.260 e. The van der Waals surface area contributed by atoms with Crippen LogP contribution in [0.25, 0.3) is 0 Å². The molecule has 1 aliphatic rings. The Morgan fingerprint density at radius 1 is 1.35 bits per heavy atom. The van der Waals surface area contributed by atoms with Gasteiger partial charge in [-0.3, -0.25) is 4.79 Å². The van der Waals surface area contributed by atoms with Crippen LogP contribution in [0.4, 0.5) is 8.78 Å². The molecule has 0 N–H and O–H groups in total. The average molecular weight is 344 g/mol. The lowest BCUT2D eigenvalue weighted by atomic mass is 10.1. The third kappa shape index (κ3) is 3.08. The van der Waals surface area contributed by atoms with Gasteiger partial charge in [0.25, 0.3) is 5.91 Å². The molecule has 1 aromatic carbocycles. The average Bonchev–Trinajstić information content (AvgIpc) is 2.87. The fourth-order valence-corrected chi connectivity index (χ4v) is 3.04. The molecule has 108 valence electrons. The third-order valence-corrected chi connectivity index (χ3v) is 4.03. The zero-order valence-electron chi connectivity index (χ0n) is 11.0. The summed E-state index contributed by atoms with van der Waals surface area (Å²) < 4.78 is 28.1. The SMILES string of the molecule is C=CCN(C(=O)c1c(F)cc(Br)cc1F)C1CCCC1. The molecule has 0 atom stereocenters. The number of amides is 1. The van der Waals surface area contributed by atoms with Crippen molar-refractivity contribution in [3.63, 3.8) is 0 Å². The number of carbonyl (C=O) groups is 1. The van der Waals surface area contributed by atoms with E-state index in [9.17, 15) is 13.6 Å². The van der Waals surface area contributed by atoms with E-state index in [0.717, 1.165) is 37.8 Å². The molecule has 2 rings (SSSR count). The third-order valence-electron chi connectivity index (χ3n) is 3.57. The Morgan fingerprint density at radius 3 is 2.40 bits per heavy atom. The minimum absolute atomic E-state index is 0.0444. The molecule has 0 bridgehead atoms. The summed E-state index contributed by atoms with van der Waals surface area (Å²) >= 11 is 3.01. The standard InChI is InChI=1S/C15H16BrF2NO/c1-2-7-19(11-5-3-4-6-11)15(20)14-12(17)8-10(16)9-13(14)18/h2,8-9,11H,1,3-7H2. The Labute approximate surface area is 125 Å². The zero-order valence-corrected chi connectivity index (χ0v) is 12.6. The fourth-order valence-electron chi connectivity index (χ4n) is 2.64. The Kier molecular flexibility index (Phi) is 4.91. The second-order valence-electron chi connectivity index (χ2n) is 4.93. The topological polar surface area (TPSA) is 20.3 Å². The molecule has 1 fully saturated rings. The van der Waals surface area contributed by atoms with Gasteiger partial charge in [0.05, 0.1) is 0 Å². The van der Waals surface area contributed by atoms with Crippen molar-refractivity contribution in [3.8, 4) is 0 Å². The van der Waals surface area contributed by atoms with E-state index in [1.54, 1.807) is 6.08 Å². The van der Waals surface area contributed by atoms with Crippen molar-refractivity contribution in [2.75, 3.05) is 6.54 Å². The maximum Gasteiger partial charge on any atom is 0.260 e. The summed E-state index contributed by atoms with van der Waals surface area (Å²) in [6, 6.07) is 2.26. The van der Waals surface area contributed by atoms with Crippen molar-refractivity contribution in [2.24, 2.45) is 0 Å². The first-order chi connectivity index (χ1) is 9.54. The predicted molar refractivity (Wildman–Crippen MR) is 77.5 cm³/mol. The van der Waals surface area contributed by atoms with E-state index in [4.69, 9.17) is 0 Å². The van der Waals surface area contributed by atoms with Gasteiger partial charge in [0, 0.05) is 17.1 Å². The van der Waals surface area contributed by atoms with Crippen LogP contribution in [-0.4, -0.2) is 23.4 Å². The minimum Gasteiger partial charge on any atom is -0.332 e. The van der Waals surface area contributed by atoms with Crippen molar-refractivity contribution in [2.45, 2.75) is 31.7 Å². The van der Waals surface area contributed by atoms with Gasteiger partial charge in [-0.25, -0.2) is 8.78 Å². The lowest BCUT2D eigenvalue weighted by Crippen LogP contribution is -2.39. The van der Waals surface area contributed by atoms with Crippen LogP contribution in [-0.2, 0) is 0 Å². The van der Waals surface area contributed by atoms with E-state index in [-0.39, 0.29) is 10.5 Å². The molecular weight excluding hydrogens is 328 g/mol. The van der Waals surface area contributed by atoms with Crippen molar-refractivity contribution in [1.82, 2.24) is 4.90 Å². The number of hydrogen-bond donors (Lipinski definition) is 0. The number of benzene rings is 1. The van der Waals surface area contributed by atoms with E-state index >= 15 is 0 Å². The number of halogens is 3. The highest BCUT2D eigenvalue weighted by Gasteiger charge is 2.30. The lowest BCUT2D eigenvalue weighted by molar-refractivity contribution is 0.0696. The predicted octanol–water partition coefficient (Wildman–Crippen LogP) is 4.30.